The number of hydrogen-bond acceptors (Lipinski definition) is 5. The third-order valence-electron chi connectivity index (χ3n) is 1.25. The van der Waals surface area contributed by atoms with Crippen LogP contribution in [0, 0.1) is 0 Å². The number of rotatable bonds is 4. The van der Waals surface area contributed by atoms with Crippen LogP contribution in [-0.2, 0) is 9.53 Å². The SMILES string of the molecule is C=CC(OC=O)c1csc(N)n1. The Morgan fingerprint density at radius 3 is 3.00 bits per heavy atom. The highest BCUT2D eigenvalue weighted by Crippen LogP contribution is 2.21. The van der Waals surface area contributed by atoms with Gasteiger partial charge in [-0.15, -0.1) is 11.3 Å². The van der Waals surface area contributed by atoms with E-state index >= 15 is 0 Å². The van der Waals surface area contributed by atoms with Crippen LogP contribution in [0.3, 0.4) is 0 Å². The highest BCUT2D eigenvalue weighted by Gasteiger charge is 2.10. The summed E-state index contributed by atoms with van der Waals surface area (Å²) in [4.78, 5) is 14.0. The molecule has 0 amide bonds. The summed E-state index contributed by atoms with van der Waals surface area (Å²) in [6.07, 6.45) is 0.999. The van der Waals surface area contributed by atoms with Crippen LogP contribution < -0.4 is 5.73 Å². The van der Waals surface area contributed by atoms with Crippen LogP contribution in [0.25, 0.3) is 0 Å². The molecule has 0 aliphatic heterocycles. The Labute approximate surface area is 73.7 Å². The van der Waals surface area contributed by atoms with Gasteiger partial charge in [0.1, 0.15) is 0 Å². The van der Waals surface area contributed by atoms with Gasteiger partial charge >= 0.3 is 0 Å². The summed E-state index contributed by atoms with van der Waals surface area (Å²) in [6.45, 7) is 3.87. The number of anilines is 1. The minimum Gasteiger partial charge on any atom is -0.454 e. The fourth-order valence-electron chi connectivity index (χ4n) is 0.737. The summed E-state index contributed by atoms with van der Waals surface area (Å²) in [7, 11) is 0. The van der Waals surface area contributed by atoms with E-state index in [1.165, 1.54) is 17.4 Å². The van der Waals surface area contributed by atoms with Crippen molar-refractivity contribution >= 4 is 22.9 Å². The predicted molar refractivity (Wildman–Crippen MR) is 46.6 cm³/mol. The van der Waals surface area contributed by atoms with E-state index in [4.69, 9.17) is 5.73 Å². The Morgan fingerprint density at radius 1 is 1.83 bits per heavy atom. The van der Waals surface area contributed by atoms with Crippen LogP contribution in [-0.4, -0.2) is 11.5 Å². The fourth-order valence-corrected chi connectivity index (χ4v) is 1.32. The number of aromatic nitrogens is 1. The molecule has 0 aliphatic carbocycles. The third-order valence-corrected chi connectivity index (χ3v) is 1.94. The number of nitrogen functional groups attached to an aromatic ring is 1. The smallest absolute Gasteiger partial charge is 0.294 e. The average Bonchev–Trinajstić information content (AvgIpc) is 2.47. The molecule has 0 bridgehead atoms. The van der Waals surface area contributed by atoms with Crippen LogP contribution in [0.15, 0.2) is 18.0 Å². The van der Waals surface area contributed by atoms with E-state index in [0.29, 0.717) is 17.3 Å². The van der Waals surface area contributed by atoms with Crippen molar-refractivity contribution in [1.82, 2.24) is 4.98 Å². The summed E-state index contributed by atoms with van der Waals surface area (Å²) < 4.78 is 4.68. The first-order chi connectivity index (χ1) is 5.77. The number of ether oxygens (including phenoxy) is 1. The highest BCUT2D eigenvalue weighted by molar-refractivity contribution is 7.13. The lowest BCUT2D eigenvalue weighted by Crippen LogP contribution is -2.00. The molecule has 12 heavy (non-hydrogen) atoms. The fraction of sp³-hybridized carbons (Fsp3) is 0.143. The topological polar surface area (TPSA) is 65.2 Å². The van der Waals surface area contributed by atoms with E-state index in [9.17, 15) is 4.79 Å². The van der Waals surface area contributed by atoms with Gasteiger partial charge in [-0.05, 0) is 6.08 Å². The quantitative estimate of drug-likeness (QED) is 0.562. The molecule has 1 aromatic rings. The van der Waals surface area contributed by atoms with E-state index in [-0.39, 0.29) is 0 Å². The Hall–Kier alpha value is -1.36. The highest BCUT2D eigenvalue weighted by atomic mass is 32.1. The van der Waals surface area contributed by atoms with Gasteiger partial charge in [0.15, 0.2) is 11.2 Å². The van der Waals surface area contributed by atoms with Gasteiger partial charge in [0.05, 0.1) is 5.69 Å². The summed E-state index contributed by atoms with van der Waals surface area (Å²) >= 11 is 1.30. The zero-order valence-corrected chi connectivity index (χ0v) is 7.08. The molecule has 4 nitrogen and oxygen atoms in total. The first-order valence-corrected chi connectivity index (χ1v) is 4.08. The van der Waals surface area contributed by atoms with E-state index in [2.05, 4.69) is 16.3 Å². The Bertz CT molecular complexity index is 285. The molecule has 1 aromatic heterocycles. The van der Waals surface area contributed by atoms with Gasteiger partial charge < -0.3 is 10.5 Å². The Morgan fingerprint density at radius 2 is 2.58 bits per heavy atom. The molecule has 0 spiro atoms. The van der Waals surface area contributed by atoms with Crippen LogP contribution in [0.2, 0.25) is 0 Å². The maximum atomic E-state index is 10.0. The number of carbonyl (C=O) groups is 1. The molecule has 1 rings (SSSR count). The third kappa shape index (κ3) is 1.82. The van der Waals surface area contributed by atoms with Crippen LogP contribution in [0.5, 0.6) is 0 Å². The van der Waals surface area contributed by atoms with E-state index in [1.54, 1.807) is 5.38 Å². The average molecular weight is 184 g/mol. The zero-order valence-electron chi connectivity index (χ0n) is 6.27. The summed E-state index contributed by atoms with van der Waals surface area (Å²) in [5.41, 5.74) is 6.01. The second-order valence-electron chi connectivity index (χ2n) is 2.00. The van der Waals surface area contributed by atoms with Gasteiger partial charge in [0, 0.05) is 5.38 Å². The van der Waals surface area contributed by atoms with E-state index in [1.807, 2.05) is 0 Å². The first-order valence-electron chi connectivity index (χ1n) is 3.20. The monoisotopic (exact) mass is 184 g/mol. The normalized spacial score (nSPS) is 12.0. The standard InChI is InChI=1S/C7H8N2O2S/c1-2-6(11-4-10)5-3-12-7(8)9-5/h2-4,6H,1H2,(H2,8,9). The molecular weight excluding hydrogens is 176 g/mol. The lowest BCUT2D eigenvalue weighted by atomic mass is 10.3. The molecule has 0 saturated heterocycles. The van der Waals surface area contributed by atoms with Gasteiger partial charge in [-0.2, -0.15) is 0 Å². The van der Waals surface area contributed by atoms with Gasteiger partial charge in [-0.3, -0.25) is 4.79 Å². The molecule has 0 fully saturated rings. The molecule has 2 N–H and O–H groups in total. The molecule has 0 aromatic carbocycles. The minimum atomic E-state index is -0.490. The number of nitrogens with zero attached hydrogens (tertiary/aromatic N) is 1. The van der Waals surface area contributed by atoms with Crippen molar-refractivity contribution in [2.24, 2.45) is 0 Å². The minimum absolute atomic E-state index is 0.363. The van der Waals surface area contributed by atoms with Crippen molar-refractivity contribution < 1.29 is 9.53 Å². The number of carbonyl (C=O) groups excluding carboxylic acids is 1. The van der Waals surface area contributed by atoms with Crippen molar-refractivity contribution in [2.75, 3.05) is 5.73 Å². The number of nitrogens with two attached hydrogens (primary N) is 1. The van der Waals surface area contributed by atoms with Crippen molar-refractivity contribution in [3.63, 3.8) is 0 Å². The van der Waals surface area contributed by atoms with Gasteiger partial charge in [0.2, 0.25) is 0 Å². The molecule has 1 unspecified atom stereocenters. The van der Waals surface area contributed by atoms with Crippen molar-refractivity contribution in [3.8, 4) is 0 Å². The molecule has 1 atom stereocenters. The predicted octanol–water partition coefficient (Wildman–Crippen LogP) is 1.13. The largest absolute Gasteiger partial charge is 0.454 e. The lowest BCUT2D eigenvalue weighted by molar-refractivity contribution is -0.131. The molecule has 0 radical (unpaired) electrons. The molecular formula is C7H8N2O2S. The van der Waals surface area contributed by atoms with E-state index in [0.717, 1.165) is 0 Å². The molecule has 0 saturated carbocycles. The maximum absolute atomic E-state index is 10.0. The van der Waals surface area contributed by atoms with Crippen LogP contribution in [0.4, 0.5) is 5.13 Å². The summed E-state index contributed by atoms with van der Waals surface area (Å²) in [5.74, 6) is 0. The van der Waals surface area contributed by atoms with Gasteiger partial charge in [-0.25, -0.2) is 4.98 Å². The van der Waals surface area contributed by atoms with E-state index < -0.39 is 6.10 Å². The second-order valence-corrected chi connectivity index (χ2v) is 2.89. The number of thiazole rings is 1. The van der Waals surface area contributed by atoms with Crippen molar-refractivity contribution in [1.29, 1.82) is 0 Å². The Kier molecular flexibility index (Phi) is 2.82. The first kappa shape index (κ1) is 8.73. The summed E-state index contributed by atoms with van der Waals surface area (Å²) in [6, 6.07) is 0. The van der Waals surface area contributed by atoms with Gasteiger partial charge in [-0.1, -0.05) is 6.58 Å². The summed E-state index contributed by atoms with van der Waals surface area (Å²) in [5, 5.41) is 2.18. The van der Waals surface area contributed by atoms with Crippen molar-refractivity contribution in [2.45, 2.75) is 6.10 Å². The zero-order chi connectivity index (χ0) is 8.97. The van der Waals surface area contributed by atoms with Crippen molar-refractivity contribution in [3.05, 3.63) is 23.7 Å². The second kappa shape index (κ2) is 3.87. The lowest BCUT2D eigenvalue weighted by Gasteiger charge is -2.05. The van der Waals surface area contributed by atoms with Crippen LogP contribution >= 0.6 is 11.3 Å². The molecule has 64 valence electrons. The number of hydrogen-bond donors (Lipinski definition) is 1. The molecule has 0 aliphatic rings. The Balaban J connectivity index is 2.78. The molecule has 5 heteroatoms. The molecule has 1 heterocycles. The van der Waals surface area contributed by atoms with Gasteiger partial charge in [0.25, 0.3) is 6.47 Å². The van der Waals surface area contributed by atoms with Crippen LogP contribution in [0.1, 0.15) is 11.8 Å². The maximum Gasteiger partial charge on any atom is 0.294 e.